The molecule has 1 saturated heterocycles. The van der Waals surface area contributed by atoms with Crippen molar-refractivity contribution in [3.8, 4) is 0 Å². The van der Waals surface area contributed by atoms with E-state index in [4.69, 9.17) is 4.52 Å². The summed E-state index contributed by atoms with van der Waals surface area (Å²) in [6.07, 6.45) is 5.06. The third kappa shape index (κ3) is 3.40. The summed E-state index contributed by atoms with van der Waals surface area (Å²) < 4.78 is 5.03. The van der Waals surface area contributed by atoms with Crippen LogP contribution in [0.25, 0.3) is 10.9 Å². The van der Waals surface area contributed by atoms with E-state index < -0.39 is 0 Å². The third-order valence-electron chi connectivity index (χ3n) is 4.82. The first-order chi connectivity index (χ1) is 12.2. The van der Waals surface area contributed by atoms with Crippen LogP contribution in [-0.2, 0) is 6.42 Å². The molecule has 0 N–H and O–H groups in total. The van der Waals surface area contributed by atoms with E-state index in [-0.39, 0.29) is 5.91 Å². The van der Waals surface area contributed by atoms with E-state index in [1.165, 1.54) is 10.9 Å². The highest BCUT2D eigenvalue weighted by Crippen LogP contribution is 2.23. The number of benzene rings is 1. The van der Waals surface area contributed by atoms with Crippen LogP contribution >= 0.6 is 0 Å². The first-order valence-corrected chi connectivity index (χ1v) is 8.75. The Bertz CT molecular complexity index is 903. The smallest absolute Gasteiger partial charge is 0.276 e. The van der Waals surface area contributed by atoms with Crippen molar-refractivity contribution in [3.63, 3.8) is 0 Å². The number of pyridine rings is 1. The van der Waals surface area contributed by atoms with Gasteiger partial charge in [-0.1, -0.05) is 23.4 Å². The van der Waals surface area contributed by atoms with Crippen molar-refractivity contribution in [2.24, 2.45) is 5.92 Å². The van der Waals surface area contributed by atoms with Gasteiger partial charge in [0.2, 0.25) is 0 Å². The minimum atomic E-state index is -0.0295. The Morgan fingerprint density at radius 3 is 3.04 bits per heavy atom. The Morgan fingerprint density at radius 2 is 2.20 bits per heavy atom. The van der Waals surface area contributed by atoms with Gasteiger partial charge in [-0.3, -0.25) is 9.78 Å². The molecule has 2 aromatic heterocycles. The number of carbonyl (C=O) groups excluding carboxylic acids is 1. The number of nitrogens with zero attached hydrogens (tertiary/aromatic N) is 3. The lowest BCUT2D eigenvalue weighted by molar-refractivity contribution is 0.0663. The van der Waals surface area contributed by atoms with Gasteiger partial charge in [-0.2, -0.15) is 0 Å². The molecule has 0 radical (unpaired) electrons. The van der Waals surface area contributed by atoms with Gasteiger partial charge in [0, 0.05) is 30.7 Å². The van der Waals surface area contributed by atoms with Crippen LogP contribution in [-0.4, -0.2) is 34.0 Å². The van der Waals surface area contributed by atoms with Gasteiger partial charge in [0.15, 0.2) is 5.69 Å². The van der Waals surface area contributed by atoms with Gasteiger partial charge in [-0.25, -0.2) is 0 Å². The summed E-state index contributed by atoms with van der Waals surface area (Å²) in [5, 5.41) is 5.03. The number of aryl methyl sites for hydroxylation is 1. The van der Waals surface area contributed by atoms with Crippen molar-refractivity contribution in [2.45, 2.75) is 26.2 Å². The van der Waals surface area contributed by atoms with E-state index in [0.29, 0.717) is 17.4 Å². The highest BCUT2D eigenvalue weighted by Gasteiger charge is 2.26. The summed E-state index contributed by atoms with van der Waals surface area (Å²) in [5.74, 6) is 1.09. The van der Waals surface area contributed by atoms with Crippen molar-refractivity contribution >= 4 is 16.8 Å². The molecule has 0 saturated carbocycles. The fraction of sp³-hybridized carbons (Fsp3) is 0.350. The van der Waals surface area contributed by atoms with Crippen LogP contribution in [0.3, 0.4) is 0 Å². The van der Waals surface area contributed by atoms with Gasteiger partial charge >= 0.3 is 0 Å². The largest absolute Gasteiger partial charge is 0.361 e. The van der Waals surface area contributed by atoms with E-state index in [1.807, 2.05) is 29.3 Å². The van der Waals surface area contributed by atoms with Crippen LogP contribution in [0.5, 0.6) is 0 Å². The zero-order valence-corrected chi connectivity index (χ0v) is 14.3. The number of likely N-dealkylation sites (tertiary alicyclic amines) is 1. The van der Waals surface area contributed by atoms with E-state index in [2.05, 4.69) is 22.3 Å². The van der Waals surface area contributed by atoms with Crippen molar-refractivity contribution in [1.82, 2.24) is 15.0 Å². The maximum absolute atomic E-state index is 12.6. The Hall–Kier alpha value is -2.69. The van der Waals surface area contributed by atoms with Crippen LogP contribution in [0.15, 0.2) is 47.1 Å². The molecule has 0 unspecified atom stereocenters. The molecule has 128 valence electrons. The molecule has 4 rings (SSSR count). The van der Waals surface area contributed by atoms with Crippen molar-refractivity contribution in [1.29, 1.82) is 0 Å². The minimum Gasteiger partial charge on any atom is -0.361 e. The molecule has 5 heteroatoms. The zero-order valence-electron chi connectivity index (χ0n) is 14.3. The van der Waals surface area contributed by atoms with E-state index in [9.17, 15) is 4.79 Å². The van der Waals surface area contributed by atoms with Crippen LogP contribution in [0.2, 0.25) is 0 Å². The predicted octanol–water partition coefficient (Wildman–Crippen LogP) is 3.63. The average Bonchev–Trinajstić information content (AvgIpc) is 3.07. The quantitative estimate of drug-likeness (QED) is 0.733. The molecule has 0 spiro atoms. The third-order valence-corrected chi connectivity index (χ3v) is 4.82. The van der Waals surface area contributed by atoms with Crippen molar-refractivity contribution in [2.75, 3.05) is 13.1 Å². The number of fused-ring (bicyclic) bond motifs is 1. The van der Waals surface area contributed by atoms with E-state index in [0.717, 1.165) is 37.9 Å². The Morgan fingerprint density at radius 1 is 1.32 bits per heavy atom. The lowest BCUT2D eigenvalue weighted by Gasteiger charge is -2.32. The molecule has 1 fully saturated rings. The van der Waals surface area contributed by atoms with Gasteiger partial charge in [0.1, 0.15) is 5.76 Å². The number of hydrogen-bond acceptors (Lipinski definition) is 4. The number of piperidine rings is 1. The topological polar surface area (TPSA) is 59.2 Å². The molecule has 1 amide bonds. The maximum atomic E-state index is 12.6. The van der Waals surface area contributed by atoms with Gasteiger partial charge in [0.05, 0.1) is 5.52 Å². The molecular formula is C20H21N3O2. The lowest BCUT2D eigenvalue weighted by Crippen LogP contribution is -2.40. The minimum absolute atomic E-state index is 0.0295. The highest BCUT2D eigenvalue weighted by atomic mass is 16.5. The monoisotopic (exact) mass is 335 g/mol. The average molecular weight is 335 g/mol. The number of hydrogen-bond donors (Lipinski definition) is 0. The SMILES string of the molecule is Cc1cc(C(=O)N2CCC[C@H](Cc3cnc4ccccc4c3)C2)no1. The number of rotatable bonds is 3. The number of para-hydroxylation sites is 1. The summed E-state index contributed by atoms with van der Waals surface area (Å²) in [6, 6.07) is 12.1. The summed E-state index contributed by atoms with van der Waals surface area (Å²) in [5.41, 5.74) is 2.66. The van der Waals surface area contributed by atoms with Crippen LogP contribution in [0, 0.1) is 12.8 Å². The van der Waals surface area contributed by atoms with Gasteiger partial charge in [-0.15, -0.1) is 0 Å². The summed E-state index contributed by atoms with van der Waals surface area (Å²) >= 11 is 0. The predicted molar refractivity (Wildman–Crippen MR) is 95.3 cm³/mol. The maximum Gasteiger partial charge on any atom is 0.276 e. The molecule has 1 aliphatic rings. The number of aromatic nitrogens is 2. The summed E-state index contributed by atoms with van der Waals surface area (Å²) in [6.45, 7) is 3.35. The van der Waals surface area contributed by atoms with E-state index >= 15 is 0 Å². The lowest BCUT2D eigenvalue weighted by atomic mass is 9.91. The molecule has 1 aliphatic heterocycles. The van der Waals surface area contributed by atoms with Crippen LogP contribution in [0.1, 0.15) is 34.7 Å². The van der Waals surface area contributed by atoms with E-state index in [1.54, 1.807) is 13.0 Å². The molecule has 3 heterocycles. The summed E-state index contributed by atoms with van der Waals surface area (Å²) in [4.78, 5) is 19.0. The highest BCUT2D eigenvalue weighted by molar-refractivity contribution is 5.92. The first kappa shape index (κ1) is 15.8. The molecule has 5 nitrogen and oxygen atoms in total. The molecule has 0 bridgehead atoms. The summed E-state index contributed by atoms with van der Waals surface area (Å²) in [7, 11) is 0. The van der Waals surface area contributed by atoms with Crippen molar-refractivity contribution < 1.29 is 9.32 Å². The molecule has 25 heavy (non-hydrogen) atoms. The second kappa shape index (κ2) is 6.67. The molecular weight excluding hydrogens is 314 g/mol. The Kier molecular flexibility index (Phi) is 4.22. The Balaban J connectivity index is 1.46. The van der Waals surface area contributed by atoms with Gasteiger partial charge in [0.25, 0.3) is 5.91 Å². The van der Waals surface area contributed by atoms with Crippen LogP contribution < -0.4 is 0 Å². The van der Waals surface area contributed by atoms with Gasteiger partial charge in [-0.05, 0) is 49.8 Å². The Labute approximate surface area is 146 Å². The molecule has 0 aliphatic carbocycles. The van der Waals surface area contributed by atoms with Gasteiger partial charge < -0.3 is 9.42 Å². The second-order valence-corrected chi connectivity index (χ2v) is 6.82. The second-order valence-electron chi connectivity index (χ2n) is 6.82. The standard InChI is InChI=1S/C20H21N3O2/c1-14-9-19(22-25-14)20(24)23-8-4-5-15(13-23)10-16-11-17-6-2-3-7-18(17)21-12-16/h2-3,6-7,9,11-12,15H,4-5,8,10,13H2,1H3/t15-/m1/s1. The molecule has 1 aromatic carbocycles. The fourth-order valence-corrected chi connectivity index (χ4v) is 3.61. The van der Waals surface area contributed by atoms with Crippen molar-refractivity contribution in [3.05, 3.63) is 59.6 Å². The molecule has 1 atom stereocenters. The number of carbonyl (C=O) groups is 1. The zero-order chi connectivity index (χ0) is 17.2. The molecule has 3 aromatic rings. The first-order valence-electron chi connectivity index (χ1n) is 8.75. The number of amides is 1. The normalized spacial score (nSPS) is 17.8. The van der Waals surface area contributed by atoms with Crippen LogP contribution in [0.4, 0.5) is 0 Å². The fourth-order valence-electron chi connectivity index (χ4n) is 3.61.